The Kier molecular flexibility index (Phi) is 4.88. The third-order valence-electron chi connectivity index (χ3n) is 5.52. The van der Waals surface area contributed by atoms with Gasteiger partial charge in [-0.3, -0.25) is 14.8 Å². The number of nitrogens with one attached hydrogen (secondary N) is 1. The first-order valence-corrected chi connectivity index (χ1v) is 9.46. The monoisotopic (exact) mass is 375 g/mol. The number of carbonyl (C=O) groups is 1. The van der Waals surface area contributed by atoms with Crippen molar-refractivity contribution in [2.45, 2.75) is 19.0 Å². The predicted molar refractivity (Wildman–Crippen MR) is 111 cm³/mol. The molecule has 2 aromatic carbocycles. The lowest BCUT2D eigenvalue weighted by Crippen LogP contribution is -2.46. The summed E-state index contributed by atoms with van der Waals surface area (Å²) in [6.07, 6.45) is 0.931. The smallest absolute Gasteiger partial charge is 0.272 e. The van der Waals surface area contributed by atoms with Gasteiger partial charge < -0.3 is 10.6 Å². The van der Waals surface area contributed by atoms with Crippen LogP contribution in [0.4, 0.5) is 5.82 Å². The van der Waals surface area contributed by atoms with E-state index in [4.69, 9.17) is 5.73 Å². The largest absolute Gasteiger partial charge is 0.382 e. The molecule has 0 saturated carbocycles. The first-order valence-electron chi connectivity index (χ1n) is 9.46. The molecule has 1 unspecified atom stereocenters. The van der Waals surface area contributed by atoms with Crippen molar-refractivity contribution in [1.29, 1.82) is 0 Å². The second-order valence-electron chi connectivity index (χ2n) is 7.45. The highest BCUT2D eigenvalue weighted by Crippen LogP contribution is 2.29. The Labute approximate surface area is 165 Å². The number of nitrogen functional groups attached to an aromatic ring is 1. The number of aromatic nitrogens is 2. The van der Waals surface area contributed by atoms with Crippen LogP contribution in [-0.2, 0) is 13.0 Å². The number of carbonyl (C=O) groups excluding carboxylic acids is 1. The molecule has 4 rings (SSSR count). The van der Waals surface area contributed by atoms with Crippen LogP contribution in [0.1, 0.15) is 21.6 Å². The zero-order valence-corrected chi connectivity index (χ0v) is 16.2. The lowest BCUT2D eigenvalue weighted by Gasteiger charge is -2.36. The van der Waals surface area contributed by atoms with Crippen LogP contribution < -0.4 is 5.73 Å². The minimum atomic E-state index is -0.102. The summed E-state index contributed by atoms with van der Waals surface area (Å²) in [5.41, 5.74) is 10.8. The Balaban J connectivity index is 1.54. The summed E-state index contributed by atoms with van der Waals surface area (Å²) in [6, 6.07) is 18.4. The average Bonchev–Trinajstić information content (AvgIpc) is 3.10. The fourth-order valence-electron chi connectivity index (χ4n) is 3.92. The van der Waals surface area contributed by atoms with Crippen molar-refractivity contribution in [2.24, 2.45) is 0 Å². The van der Waals surface area contributed by atoms with E-state index in [1.807, 2.05) is 37.4 Å². The van der Waals surface area contributed by atoms with Crippen LogP contribution in [0.2, 0.25) is 0 Å². The van der Waals surface area contributed by atoms with E-state index in [9.17, 15) is 4.79 Å². The number of fused-ring (bicyclic) bond motifs is 1. The number of likely N-dealkylation sites (N-methyl/N-ethyl adjacent to an activating group) is 2. The van der Waals surface area contributed by atoms with Crippen molar-refractivity contribution in [3.63, 3.8) is 0 Å². The highest BCUT2D eigenvalue weighted by molar-refractivity contribution is 6.01. The number of nitrogens with two attached hydrogens (primary N) is 1. The van der Waals surface area contributed by atoms with Gasteiger partial charge in [0.15, 0.2) is 5.82 Å². The van der Waals surface area contributed by atoms with Gasteiger partial charge in [0.05, 0.1) is 5.56 Å². The van der Waals surface area contributed by atoms with Gasteiger partial charge in [-0.25, -0.2) is 0 Å². The van der Waals surface area contributed by atoms with Crippen LogP contribution in [0.25, 0.3) is 11.1 Å². The lowest BCUT2D eigenvalue weighted by atomic mass is 9.94. The van der Waals surface area contributed by atoms with Gasteiger partial charge in [-0.05, 0) is 30.2 Å². The van der Waals surface area contributed by atoms with Gasteiger partial charge in [-0.1, -0.05) is 54.6 Å². The van der Waals surface area contributed by atoms with Gasteiger partial charge in [0.2, 0.25) is 0 Å². The van der Waals surface area contributed by atoms with Gasteiger partial charge >= 0.3 is 0 Å². The van der Waals surface area contributed by atoms with Gasteiger partial charge in [-0.15, -0.1) is 0 Å². The Hall–Kier alpha value is -3.12. The summed E-state index contributed by atoms with van der Waals surface area (Å²) in [4.78, 5) is 17.2. The number of amides is 1. The molecule has 1 aliphatic rings. The van der Waals surface area contributed by atoms with E-state index in [-0.39, 0.29) is 11.9 Å². The maximum atomic E-state index is 13.2. The van der Waals surface area contributed by atoms with E-state index in [1.54, 1.807) is 4.90 Å². The normalized spacial score (nSPS) is 16.6. The minimum absolute atomic E-state index is 0.102. The highest BCUT2D eigenvalue weighted by atomic mass is 16.2. The number of benzene rings is 2. The molecule has 2 heterocycles. The number of anilines is 1. The molecule has 1 atom stereocenters. The summed E-state index contributed by atoms with van der Waals surface area (Å²) in [5.74, 6) is 0.238. The summed E-state index contributed by atoms with van der Waals surface area (Å²) in [6.45, 7) is 1.53. The summed E-state index contributed by atoms with van der Waals surface area (Å²) in [5, 5.41) is 6.92. The molecular weight excluding hydrogens is 350 g/mol. The molecule has 6 nitrogen and oxygen atoms in total. The Bertz CT molecular complexity index is 982. The molecule has 6 heteroatoms. The van der Waals surface area contributed by atoms with Gasteiger partial charge in [-0.2, -0.15) is 5.10 Å². The molecule has 0 spiro atoms. The molecule has 3 N–H and O–H groups in total. The second kappa shape index (κ2) is 7.48. The molecule has 0 saturated heterocycles. The van der Waals surface area contributed by atoms with Crippen LogP contribution in [0.15, 0.2) is 54.6 Å². The van der Waals surface area contributed by atoms with E-state index < -0.39 is 0 Å². The van der Waals surface area contributed by atoms with Crippen LogP contribution >= 0.6 is 0 Å². The number of rotatable bonds is 4. The van der Waals surface area contributed by atoms with Gasteiger partial charge in [0.1, 0.15) is 5.69 Å². The summed E-state index contributed by atoms with van der Waals surface area (Å²) >= 11 is 0. The Morgan fingerprint density at radius 1 is 1.18 bits per heavy atom. The highest BCUT2D eigenvalue weighted by Gasteiger charge is 2.28. The second-order valence-corrected chi connectivity index (χ2v) is 7.45. The molecule has 3 aromatic rings. The van der Waals surface area contributed by atoms with Crippen molar-refractivity contribution < 1.29 is 4.79 Å². The third kappa shape index (κ3) is 3.39. The molecule has 0 radical (unpaired) electrons. The zero-order chi connectivity index (χ0) is 19.7. The number of hydrogen-bond acceptors (Lipinski definition) is 4. The van der Waals surface area contributed by atoms with Crippen molar-refractivity contribution in [1.82, 2.24) is 20.0 Å². The standard InChI is InChI=1S/C22H25N5O/c1-26-13-17-11-7-6-10-16(17)12-18(26)14-27(2)22(28)20-19(21(23)25-24-20)15-8-4-3-5-9-15/h3-11,18H,12-14H2,1-2H3,(H3,23,24,25). The molecular formula is C22H25N5O. The lowest BCUT2D eigenvalue weighted by molar-refractivity contribution is 0.0728. The van der Waals surface area contributed by atoms with Gasteiger partial charge in [0.25, 0.3) is 5.91 Å². The average molecular weight is 375 g/mol. The predicted octanol–water partition coefficient (Wildman–Crippen LogP) is 2.79. The first-order chi connectivity index (χ1) is 13.5. The topological polar surface area (TPSA) is 78.2 Å². The van der Waals surface area contributed by atoms with E-state index in [1.165, 1.54) is 11.1 Å². The molecule has 0 aliphatic carbocycles. The molecule has 0 bridgehead atoms. The van der Waals surface area contributed by atoms with Crippen molar-refractivity contribution in [3.8, 4) is 11.1 Å². The van der Waals surface area contributed by atoms with Gasteiger partial charge in [0, 0.05) is 26.2 Å². The van der Waals surface area contributed by atoms with Crippen LogP contribution in [-0.4, -0.2) is 52.6 Å². The molecule has 1 amide bonds. The molecule has 1 aromatic heterocycles. The third-order valence-corrected chi connectivity index (χ3v) is 5.52. The van der Waals surface area contributed by atoms with Crippen molar-refractivity contribution in [3.05, 3.63) is 71.4 Å². The van der Waals surface area contributed by atoms with E-state index >= 15 is 0 Å². The molecule has 1 aliphatic heterocycles. The summed E-state index contributed by atoms with van der Waals surface area (Å²) in [7, 11) is 3.95. The number of nitrogens with zero attached hydrogens (tertiary/aromatic N) is 3. The van der Waals surface area contributed by atoms with E-state index in [0.29, 0.717) is 23.6 Å². The van der Waals surface area contributed by atoms with E-state index in [2.05, 4.69) is 46.4 Å². The Morgan fingerprint density at radius 3 is 2.61 bits per heavy atom. The maximum absolute atomic E-state index is 13.2. The first kappa shape index (κ1) is 18.3. The number of aromatic amines is 1. The van der Waals surface area contributed by atoms with Crippen LogP contribution in [0.3, 0.4) is 0 Å². The Morgan fingerprint density at radius 2 is 1.86 bits per heavy atom. The van der Waals surface area contributed by atoms with Crippen LogP contribution in [0, 0.1) is 0 Å². The minimum Gasteiger partial charge on any atom is -0.382 e. The number of H-pyrrole nitrogens is 1. The van der Waals surface area contributed by atoms with E-state index in [0.717, 1.165) is 18.5 Å². The quantitative estimate of drug-likeness (QED) is 0.735. The van der Waals surface area contributed by atoms with Crippen molar-refractivity contribution >= 4 is 11.7 Å². The summed E-state index contributed by atoms with van der Waals surface area (Å²) < 4.78 is 0. The van der Waals surface area contributed by atoms with Crippen LogP contribution in [0.5, 0.6) is 0 Å². The number of hydrogen-bond donors (Lipinski definition) is 2. The zero-order valence-electron chi connectivity index (χ0n) is 16.2. The fourth-order valence-corrected chi connectivity index (χ4v) is 3.92. The SMILES string of the molecule is CN(CC1Cc2ccccc2CN1C)C(=O)c1[nH]nc(N)c1-c1ccccc1. The molecule has 144 valence electrons. The molecule has 0 fully saturated rings. The fraction of sp³-hybridized carbons (Fsp3) is 0.273. The molecule has 28 heavy (non-hydrogen) atoms. The van der Waals surface area contributed by atoms with Crippen molar-refractivity contribution in [2.75, 3.05) is 26.4 Å². The maximum Gasteiger partial charge on any atom is 0.272 e.